The zero-order valence-electron chi connectivity index (χ0n) is 67.0. The minimum absolute atomic E-state index is 0.576. The standard InChI is InChI=1S/2C57H36N4O/c1-4-15-37(16-5-1)40-29-31-41(32-30-40)55-58-56(44-23-12-21-42(33-44)38-17-6-2-7-18-38)60-57(59-55)47-26-14-28-52-54(47)49-35-51-48(36-53(49)62-52)46-25-10-11-27-50(46)61(51)45-24-13-22-43(34-45)39-19-8-3-9-20-39;1-4-14-37(15-5-1)40-26-30-42(31-27-40)55-58-56(43-32-28-41(29-33-43)38-16-6-2-7-17-38)60-57(59-55)47-23-13-25-52-54(47)49-35-51-48(36-53(49)62-52)46-22-10-11-24-50(46)61(51)45-21-12-20-44(34-45)39-18-8-3-9-19-39/h2*1-36H. The van der Waals surface area contributed by atoms with E-state index in [0.29, 0.717) is 34.9 Å². The number of fused-ring (bicyclic) bond motifs is 12. The van der Waals surface area contributed by atoms with Gasteiger partial charge in [0, 0.05) is 87.8 Å². The van der Waals surface area contributed by atoms with Gasteiger partial charge in [0.2, 0.25) is 0 Å². The van der Waals surface area contributed by atoms with Crippen molar-refractivity contribution in [3.63, 3.8) is 0 Å². The van der Waals surface area contributed by atoms with Crippen molar-refractivity contribution in [1.29, 1.82) is 0 Å². The van der Waals surface area contributed by atoms with Crippen LogP contribution in [0.25, 0.3) is 234 Å². The molecule has 0 N–H and O–H groups in total. The molecule has 0 radical (unpaired) electrons. The van der Waals surface area contributed by atoms with Gasteiger partial charge in [0.05, 0.1) is 22.1 Å². The van der Waals surface area contributed by atoms with E-state index in [2.05, 4.69) is 397 Å². The van der Waals surface area contributed by atoms with E-state index < -0.39 is 0 Å². The highest BCUT2D eigenvalue weighted by molar-refractivity contribution is 6.21. The molecule has 10 heteroatoms. The summed E-state index contributed by atoms with van der Waals surface area (Å²) < 4.78 is 18.2. The molecule has 0 unspecified atom stereocenters. The molecule has 580 valence electrons. The minimum atomic E-state index is 0.576. The maximum atomic E-state index is 6.73. The monoisotopic (exact) mass is 1580 g/mol. The van der Waals surface area contributed by atoms with E-state index >= 15 is 0 Å². The molecule has 24 rings (SSSR count). The average Bonchev–Trinajstić information content (AvgIpc) is 1.57. The first-order valence-corrected chi connectivity index (χ1v) is 41.7. The predicted octanol–water partition coefficient (Wildman–Crippen LogP) is 29.7. The van der Waals surface area contributed by atoms with E-state index in [1.54, 1.807) is 0 Å². The lowest BCUT2D eigenvalue weighted by atomic mass is 10.0. The number of nitrogens with zero attached hydrogens (tertiary/aromatic N) is 8. The first kappa shape index (κ1) is 72.4. The molecule has 24 aromatic rings. The quantitative estimate of drug-likeness (QED) is 0.106. The number of hydrogen-bond donors (Lipinski definition) is 0. The number of hydrogen-bond acceptors (Lipinski definition) is 8. The molecule has 10 nitrogen and oxygen atoms in total. The molecule has 0 amide bonds. The van der Waals surface area contributed by atoms with Crippen molar-refractivity contribution >= 4 is 87.5 Å². The van der Waals surface area contributed by atoms with Crippen molar-refractivity contribution in [2.75, 3.05) is 0 Å². The Hall–Kier alpha value is -16.8. The molecule has 0 aliphatic rings. The second-order valence-electron chi connectivity index (χ2n) is 31.2. The summed E-state index contributed by atoms with van der Waals surface area (Å²) in [6, 6.07) is 153. The molecule has 18 aromatic carbocycles. The third-order valence-corrected chi connectivity index (χ3v) is 23.7. The van der Waals surface area contributed by atoms with Gasteiger partial charge < -0.3 is 18.0 Å². The van der Waals surface area contributed by atoms with E-state index in [0.717, 1.165) is 182 Å². The zero-order chi connectivity index (χ0) is 82.0. The summed E-state index contributed by atoms with van der Waals surface area (Å²) in [5, 5.41) is 8.49. The van der Waals surface area contributed by atoms with Crippen LogP contribution in [0.5, 0.6) is 0 Å². The number of rotatable bonds is 14. The second kappa shape index (κ2) is 30.8. The summed E-state index contributed by atoms with van der Waals surface area (Å²) in [5.41, 5.74) is 28.9. The molecule has 0 saturated heterocycles. The van der Waals surface area contributed by atoms with E-state index in [9.17, 15) is 0 Å². The van der Waals surface area contributed by atoms with Gasteiger partial charge in [-0.1, -0.05) is 358 Å². The van der Waals surface area contributed by atoms with Crippen LogP contribution in [-0.2, 0) is 0 Å². The molecule has 6 aromatic heterocycles. The lowest BCUT2D eigenvalue weighted by molar-refractivity contribution is 0.669. The largest absolute Gasteiger partial charge is 0.456 e. The molecule has 124 heavy (non-hydrogen) atoms. The lowest BCUT2D eigenvalue weighted by Gasteiger charge is -2.11. The summed E-state index contributed by atoms with van der Waals surface area (Å²) >= 11 is 0. The normalized spacial score (nSPS) is 11.5. The van der Waals surface area contributed by atoms with E-state index in [4.69, 9.17) is 38.7 Å². The van der Waals surface area contributed by atoms with Crippen LogP contribution in [0.15, 0.2) is 446 Å². The van der Waals surface area contributed by atoms with Crippen LogP contribution < -0.4 is 0 Å². The van der Waals surface area contributed by atoms with Crippen molar-refractivity contribution < 1.29 is 8.83 Å². The molecule has 0 atom stereocenters. The van der Waals surface area contributed by atoms with E-state index in [-0.39, 0.29) is 0 Å². The molecular weight excluding hydrogens is 1510 g/mol. The van der Waals surface area contributed by atoms with Crippen LogP contribution in [-0.4, -0.2) is 39.0 Å². The first-order chi connectivity index (χ1) is 61.4. The predicted molar refractivity (Wildman–Crippen MR) is 508 cm³/mol. The van der Waals surface area contributed by atoms with Gasteiger partial charge in [-0.25, -0.2) is 29.9 Å². The minimum Gasteiger partial charge on any atom is -0.456 e. The summed E-state index contributed by atoms with van der Waals surface area (Å²) in [6.07, 6.45) is 0. The van der Waals surface area contributed by atoms with Gasteiger partial charge in [-0.15, -0.1) is 0 Å². The van der Waals surface area contributed by atoms with Crippen LogP contribution in [0.3, 0.4) is 0 Å². The molecule has 0 aliphatic heterocycles. The summed E-state index contributed by atoms with van der Waals surface area (Å²) in [6.45, 7) is 0. The number of aromatic nitrogens is 8. The molecule has 0 spiro atoms. The van der Waals surface area contributed by atoms with E-state index in [1.807, 2.05) is 48.5 Å². The third kappa shape index (κ3) is 13.3. The summed E-state index contributed by atoms with van der Waals surface area (Å²) in [4.78, 5) is 31.3. The van der Waals surface area contributed by atoms with Crippen LogP contribution in [0.2, 0.25) is 0 Å². The maximum absolute atomic E-state index is 6.73. The smallest absolute Gasteiger partial charge is 0.164 e. The highest BCUT2D eigenvalue weighted by Gasteiger charge is 2.25. The van der Waals surface area contributed by atoms with Crippen LogP contribution >= 0.6 is 0 Å². The highest BCUT2D eigenvalue weighted by atomic mass is 16.3. The third-order valence-electron chi connectivity index (χ3n) is 23.7. The fraction of sp³-hybridized carbons (Fsp3) is 0. The van der Waals surface area contributed by atoms with Gasteiger partial charge in [0.1, 0.15) is 22.3 Å². The average molecular weight is 1590 g/mol. The molecule has 0 aliphatic carbocycles. The highest BCUT2D eigenvalue weighted by Crippen LogP contribution is 2.46. The van der Waals surface area contributed by atoms with Crippen LogP contribution in [0.4, 0.5) is 0 Å². The van der Waals surface area contributed by atoms with E-state index in [1.165, 1.54) is 16.5 Å². The fourth-order valence-corrected chi connectivity index (χ4v) is 17.7. The maximum Gasteiger partial charge on any atom is 0.164 e. The number of benzene rings is 18. The van der Waals surface area contributed by atoms with Gasteiger partial charge in [-0.2, -0.15) is 0 Å². The van der Waals surface area contributed by atoms with Crippen LogP contribution in [0.1, 0.15) is 0 Å². The van der Waals surface area contributed by atoms with Gasteiger partial charge in [0.25, 0.3) is 0 Å². The second-order valence-corrected chi connectivity index (χ2v) is 31.2. The Bertz CT molecular complexity index is 8070. The van der Waals surface area contributed by atoms with Crippen molar-refractivity contribution in [2.45, 2.75) is 0 Å². The molecule has 0 saturated carbocycles. The van der Waals surface area contributed by atoms with Crippen molar-refractivity contribution in [3.8, 4) is 146 Å². The molecular formula is C114H72N8O2. The van der Waals surface area contributed by atoms with Gasteiger partial charge in [0.15, 0.2) is 34.9 Å². The SMILES string of the molecule is c1ccc(-c2ccc(-c3nc(-c4ccc(-c5ccccc5)cc4)nc(-c4cccc5oc6cc7c8ccccc8n(-c8cccc(-c9ccccc9)c8)c7cc6c45)n3)cc2)cc1.c1ccc(-c2ccc(-c3nc(-c4cccc(-c5ccccc5)c4)nc(-c4cccc5oc6cc7c8ccccc8n(-c8cccc(-c9ccccc9)c8)c7cc6c45)n3)cc2)cc1. The fourth-order valence-electron chi connectivity index (χ4n) is 17.7. The lowest BCUT2D eigenvalue weighted by Crippen LogP contribution is -2.00. The molecule has 0 fully saturated rings. The number of para-hydroxylation sites is 2. The van der Waals surface area contributed by atoms with Crippen molar-refractivity contribution in [1.82, 2.24) is 39.0 Å². The Labute approximate surface area is 713 Å². The van der Waals surface area contributed by atoms with Gasteiger partial charge in [-0.05, 0) is 146 Å². The summed E-state index contributed by atoms with van der Waals surface area (Å²) in [7, 11) is 0. The summed E-state index contributed by atoms with van der Waals surface area (Å²) in [5.74, 6) is 3.55. The first-order valence-electron chi connectivity index (χ1n) is 41.7. The molecule has 6 heterocycles. The van der Waals surface area contributed by atoms with Crippen LogP contribution in [0, 0.1) is 0 Å². The Balaban J connectivity index is 0.000000143. The zero-order valence-corrected chi connectivity index (χ0v) is 67.0. The van der Waals surface area contributed by atoms with Gasteiger partial charge >= 0.3 is 0 Å². The van der Waals surface area contributed by atoms with Gasteiger partial charge in [-0.3, -0.25) is 0 Å². The topological polar surface area (TPSA) is 113 Å². The van der Waals surface area contributed by atoms with Crippen molar-refractivity contribution in [2.24, 2.45) is 0 Å². The van der Waals surface area contributed by atoms with Crippen molar-refractivity contribution in [3.05, 3.63) is 437 Å². The Morgan fingerprint density at radius 1 is 0.153 bits per heavy atom. The Kier molecular flexibility index (Phi) is 18.0. The number of furan rings is 2. The molecule has 0 bridgehead atoms. The Morgan fingerprint density at radius 2 is 0.419 bits per heavy atom. The Morgan fingerprint density at radius 3 is 0.782 bits per heavy atom.